The van der Waals surface area contributed by atoms with Gasteiger partial charge in [-0.2, -0.15) is 0 Å². The minimum atomic E-state index is -0.932. The molecule has 0 saturated heterocycles. The van der Waals surface area contributed by atoms with Crippen LogP contribution in [0.15, 0.2) is 18.3 Å². The molecule has 1 heterocycles. The van der Waals surface area contributed by atoms with Crippen LogP contribution in [0.25, 0.3) is 0 Å². The molecule has 104 valence electrons. The zero-order chi connectivity index (χ0) is 14.6. The van der Waals surface area contributed by atoms with E-state index in [-0.39, 0.29) is 17.9 Å². The van der Waals surface area contributed by atoms with Crippen LogP contribution in [0.1, 0.15) is 45.0 Å². The Morgan fingerprint density at radius 2 is 1.95 bits per heavy atom. The lowest BCUT2D eigenvalue weighted by atomic mass is 10.0. The molecular formula is C14H21N3O2. The Bertz CT molecular complexity index is 466. The molecule has 0 bridgehead atoms. The van der Waals surface area contributed by atoms with Gasteiger partial charge in [0, 0.05) is 18.8 Å². The topological polar surface area (TPSA) is 71.1 Å². The molecule has 1 rings (SSSR count). The maximum Gasteiger partial charge on any atom is 0.245 e. The Balaban J connectivity index is 2.71. The van der Waals surface area contributed by atoms with Gasteiger partial charge in [0.15, 0.2) is 0 Å². The number of rotatable bonds is 4. The minimum Gasteiger partial charge on any atom is -0.348 e. The first-order valence-corrected chi connectivity index (χ1v) is 6.24. The fourth-order valence-electron chi connectivity index (χ4n) is 1.69. The molecule has 0 aromatic carbocycles. The highest BCUT2D eigenvalue weighted by atomic mass is 16.2. The highest BCUT2D eigenvalue weighted by Gasteiger charge is 2.29. The summed E-state index contributed by atoms with van der Waals surface area (Å²) in [6, 6.07) is 3.67. The molecule has 5 nitrogen and oxygen atoms in total. The largest absolute Gasteiger partial charge is 0.348 e. The Kier molecular flexibility index (Phi) is 4.64. The molecule has 0 saturated carbocycles. The first-order chi connectivity index (χ1) is 8.72. The normalized spacial score (nSPS) is 12.7. The molecule has 0 radical (unpaired) electrons. The van der Waals surface area contributed by atoms with Crippen molar-refractivity contribution in [2.75, 3.05) is 0 Å². The van der Waals surface area contributed by atoms with Crippen molar-refractivity contribution in [3.05, 3.63) is 29.6 Å². The van der Waals surface area contributed by atoms with Crippen molar-refractivity contribution in [3.63, 3.8) is 0 Å². The number of hydrogen-bond donors (Lipinski definition) is 2. The Morgan fingerprint density at radius 3 is 2.42 bits per heavy atom. The standard InChI is InChI=1S/C14H21N3O2/c1-9-6-7-12(8-15-9)10(2)16-13(19)14(4,5)17-11(3)18/h6-8,10H,1-5H3,(H,16,19)(H,17,18). The second-order valence-corrected chi connectivity index (χ2v) is 5.23. The lowest BCUT2D eigenvalue weighted by Crippen LogP contribution is -2.54. The van der Waals surface area contributed by atoms with Crippen LogP contribution in [-0.2, 0) is 9.59 Å². The molecular weight excluding hydrogens is 242 g/mol. The lowest BCUT2D eigenvalue weighted by molar-refractivity contribution is -0.132. The molecule has 0 aliphatic rings. The van der Waals surface area contributed by atoms with Crippen LogP contribution in [0, 0.1) is 6.92 Å². The van der Waals surface area contributed by atoms with Gasteiger partial charge < -0.3 is 10.6 Å². The summed E-state index contributed by atoms with van der Waals surface area (Å²) in [6.45, 7) is 8.52. The van der Waals surface area contributed by atoms with Crippen molar-refractivity contribution in [2.45, 2.75) is 46.2 Å². The molecule has 1 atom stereocenters. The fourth-order valence-corrected chi connectivity index (χ4v) is 1.69. The van der Waals surface area contributed by atoms with Gasteiger partial charge in [-0.15, -0.1) is 0 Å². The van der Waals surface area contributed by atoms with Crippen LogP contribution in [-0.4, -0.2) is 22.3 Å². The quantitative estimate of drug-likeness (QED) is 0.864. The third kappa shape index (κ3) is 4.35. The summed E-state index contributed by atoms with van der Waals surface area (Å²) in [5.74, 6) is -0.458. The van der Waals surface area contributed by atoms with Crippen molar-refractivity contribution < 1.29 is 9.59 Å². The van der Waals surface area contributed by atoms with Crippen LogP contribution in [0.4, 0.5) is 0 Å². The van der Waals surface area contributed by atoms with Gasteiger partial charge in [0.05, 0.1) is 6.04 Å². The van der Waals surface area contributed by atoms with E-state index in [0.717, 1.165) is 11.3 Å². The molecule has 0 fully saturated rings. The number of carbonyl (C=O) groups excluding carboxylic acids is 2. The van der Waals surface area contributed by atoms with Gasteiger partial charge in [-0.05, 0) is 39.3 Å². The first-order valence-electron chi connectivity index (χ1n) is 6.24. The molecule has 1 aromatic heterocycles. The number of aromatic nitrogens is 1. The van der Waals surface area contributed by atoms with Crippen LogP contribution in [0.3, 0.4) is 0 Å². The predicted molar refractivity (Wildman–Crippen MR) is 73.4 cm³/mol. The summed E-state index contributed by atoms with van der Waals surface area (Å²) >= 11 is 0. The zero-order valence-electron chi connectivity index (χ0n) is 12.1. The van der Waals surface area contributed by atoms with Crippen LogP contribution >= 0.6 is 0 Å². The molecule has 2 amide bonds. The zero-order valence-corrected chi connectivity index (χ0v) is 12.1. The minimum absolute atomic E-state index is 0.159. The SMILES string of the molecule is CC(=O)NC(C)(C)C(=O)NC(C)c1ccc(C)nc1. The maximum atomic E-state index is 12.1. The van der Waals surface area contributed by atoms with Gasteiger partial charge in [0.1, 0.15) is 5.54 Å². The van der Waals surface area contributed by atoms with E-state index in [0.29, 0.717) is 0 Å². The number of pyridine rings is 1. The summed E-state index contributed by atoms with van der Waals surface area (Å²) < 4.78 is 0. The molecule has 19 heavy (non-hydrogen) atoms. The molecule has 1 unspecified atom stereocenters. The summed E-state index contributed by atoms with van der Waals surface area (Å²) in [4.78, 5) is 27.4. The van der Waals surface area contributed by atoms with E-state index >= 15 is 0 Å². The lowest BCUT2D eigenvalue weighted by Gasteiger charge is -2.26. The Labute approximate surface area is 113 Å². The summed E-state index contributed by atoms with van der Waals surface area (Å²) in [5, 5.41) is 5.49. The second-order valence-electron chi connectivity index (χ2n) is 5.23. The van der Waals surface area contributed by atoms with Gasteiger partial charge in [0.2, 0.25) is 11.8 Å². The first kappa shape index (κ1) is 15.1. The van der Waals surface area contributed by atoms with Gasteiger partial charge in [0.25, 0.3) is 0 Å². The molecule has 0 aliphatic carbocycles. The van der Waals surface area contributed by atoms with E-state index < -0.39 is 5.54 Å². The molecule has 0 spiro atoms. The smallest absolute Gasteiger partial charge is 0.245 e. The number of hydrogen-bond acceptors (Lipinski definition) is 3. The molecule has 0 aliphatic heterocycles. The third-order valence-corrected chi connectivity index (χ3v) is 2.84. The second kappa shape index (κ2) is 5.82. The van der Waals surface area contributed by atoms with E-state index in [4.69, 9.17) is 0 Å². The Hall–Kier alpha value is -1.91. The summed E-state index contributed by atoms with van der Waals surface area (Å²) in [7, 11) is 0. The molecule has 2 N–H and O–H groups in total. The number of nitrogens with zero attached hydrogens (tertiary/aromatic N) is 1. The van der Waals surface area contributed by atoms with Crippen molar-refractivity contribution in [3.8, 4) is 0 Å². The van der Waals surface area contributed by atoms with Gasteiger partial charge in [-0.1, -0.05) is 6.07 Å². The van der Waals surface area contributed by atoms with E-state index in [9.17, 15) is 9.59 Å². The highest BCUT2D eigenvalue weighted by Crippen LogP contribution is 2.13. The number of nitrogens with one attached hydrogen (secondary N) is 2. The monoisotopic (exact) mass is 263 g/mol. The number of amides is 2. The predicted octanol–water partition coefficient (Wildman–Crippen LogP) is 1.48. The summed E-state index contributed by atoms with van der Waals surface area (Å²) in [5.41, 5.74) is 0.927. The van der Waals surface area contributed by atoms with Crippen LogP contribution in [0.5, 0.6) is 0 Å². The fraction of sp³-hybridized carbons (Fsp3) is 0.500. The Morgan fingerprint density at radius 1 is 1.32 bits per heavy atom. The van der Waals surface area contributed by atoms with Crippen molar-refractivity contribution in [2.24, 2.45) is 0 Å². The van der Waals surface area contributed by atoms with Gasteiger partial charge >= 0.3 is 0 Å². The van der Waals surface area contributed by atoms with E-state index in [1.54, 1.807) is 20.0 Å². The maximum absolute atomic E-state index is 12.1. The van der Waals surface area contributed by atoms with E-state index in [2.05, 4.69) is 15.6 Å². The van der Waals surface area contributed by atoms with E-state index in [1.165, 1.54) is 6.92 Å². The van der Waals surface area contributed by atoms with Crippen molar-refractivity contribution in [1.82, 2.24) is 15.6 Å². The van der Waals surface area contributed by atoms with Crippen LogP contribution < -0.4 is 10.6 Å². The molecule has 1 aromatic rings. The average molecular weight is 263 g/mol. The van der Waals surface area contributed by atoms with E-state index in [1.807, 2.05) is 26.0 Å². The van der Waals surface area contributed by atoms with Crippen LogP contribution in [0.2, 0.25) is 0 Å². The molecule has 5 heteroatoms. The summed E-state index contributed by atoms with van der Waals surface area (Å²) in [6.07, 6.45) is 1.74. The average Bonchev–Trinajstić information content (AvgIpc) is 2.27. The number of aryl methyl sites for hydroxylation is 1. The van der Waals surface area contributed by atoms with Crippen molar-refractivity contribution in [1.29, 1.82) is 0 Å². The highest BCUT2D eigenvalue weighted by molar-refractivity contribution is 5.90. The van der Waals surface area contributed by atoms with Gasteiger partial charge in [-0.25, -0.2) is 0 Å². The van der Waals surface area contributed by atoms with Gasteiger partial charge in [-0.3, -0.25) is 14.6 Å². The third-order valence-electron chi connectivity index (χ3n) is 2.84. The van der Waals surface area contributed by atoms with Crippen molar-refractivity contribution >= 4 is 11.8 Å². The number of carbonyl (C=O) groups is 2.